The van der Waals surface area contributed by atoms with Crippen LogP contribution in [0.1, 0.15) is 52.4 Å². The zero-order valence-electron chi connectivity index (χ0n) is 7.77. The van der Waals surface area contributed by atoms with Crippen molar-refractivity contribution < 1.29 is 5.11 Å². The van der Waals surface area contributed by atoms with Crippen molar-refractivity contribution >= 4 is 0 Å². The Morgan fingerprint density at radius 1 is 1.27 bits per heavy atom. The van der Waals surface area contributed by atoms with Crippen LogP contribution in [0.2, 0.25) is 0 Å². The number of aliphatic hydroxyl groups is 1. The first-order valence-corrected chi connectivity index (χ1v) is 4.92. The molecule has 0 aliphatic heterocycles. The summed E-state index contributed by atoms with van der Waals surface area (Å²) in [6.07, 6.45) is 6.91. The van der Waals surface area contributed by atoms with Crippen molar-refractivity contribution in [1.29, 1.82) is 0 Å². The summed E-state index contributed by atoms with van der Waals surface area (Å²) >= 11 is 0. The highest BCUT2D eigenvalue weighted by Crippen LogP contribution is 2.40. The van der Waals surface area contributed by atoms with Gasteiger partial charge in [0.05, 0.1) is 5.60 Å². The van der Waals surface area contributed by atoms with Gasteiger partial charge in [-0.3, -0.25) is 0 Å². The first-order chi connectivity index (χ1) is 5.20. The van der Waals surface area contributed by atoms with Gasteiger partial charge in [0, 0.05) is 0 Å². The van der Waals surface area contributed by atoms with Gasteiger partial charge in [-0.25, -0.2) is 0 Å². The monoisotopic (exact) mass is 156 g/mol. The average Bonchev–Trinajstić information content (AvgIpc) is 2.71. The summed E-state index contributed by atoms with van der Waals surface area (Å²) in [7, 11) is 0. The van der Waals surface area contributed by atoms with E-state index in [1.807, 2.05) is 0 Å². The van der Waals surface area contributed by atoms with E-state index in [9.17, 15) is 5.11 Å². The second kappa shape index (κ2) is 3.57. The van der Waals surface area contributed by atoms with Crippen LogP contribution < -0.4 is 0 Å². The maximum absolute atomic E-state index is 9.57. The van der Waals surface area contributed by atoms with E-state index in [0.717, 1.165) is 25.2 Å². The maximum Gasteiger partial charge on any atom is 0.0650 e. The van der Waals surface area contributed by atoms with Gasteiger partial charge >= 0.3 is 0 Å². The summed E-state index contributed by atoms with van der Waals surface area (Å²) in [6, 6.07) is 0. The summed E-state index contributed by atoms with van der Waals surface area (Å²) < 4.78 is 0. The predicted molar refractivity (Wildman–Crippen MR) is 47.5 cm³/mol. The lowest BCUT2D eigenvalue weighted by molar-refractivity contribution is 0.129. The molecule has 1 aliphatic rings. The third-order valence-electron chi connectivity index (χ3n) is 3.00. The van der Waals surface area contributed by atoms with E-state index in [0.29, 0.717) is 0 Å². The van der Waals surface area contributed by atoms with Gasteiger partial charge in [-0.05, 0) is 31.6 Å². The first kappa shape index (κ1) is 9.05. The normalized spacial score (nSPS) is 20.7. The lowest BCUT2D eigenvalue weighted by Crippen LogP contribution is -2.09. The first-order valence-electron chi connectivity index (χ1n) is 4.92. The summed E-state index contributed by atoms with van der Waals surface area (Å²) in [4.78, 5) is 0. The molecular weight excluding hydrogens is 136 g/mol. The van der Waals surface area contributed by atoms with Crippen molar-refractivity contribution in [2.75, 3.05) is 0 Å². The highest BCUT2D eigenvalue weighted by atomic mass is 16.3. The molecule has 1 saturated carbocycles. The Morgan fingerprint density at radius 3 is 2.18 bits per heavy atom. The van der Waals surface area contributed by atoms with Crippen LogP contribution in [0.25, 0.3) is 0 Å². The topological polar surface area (TPSA) is 20.2 Å². The minimum absolute atomic E-state index is 0.220. The fraction of sp³-hybridized carbons (Fsp3) is 1.00. The third kappa shape index (κ3) is 2.82. The van der Waals surface area contributed by atoms with Crippen LogP contribution in [0.15, 0.2) is 0 Å². The summed E-state index contributed by atoms with van der Waals surface area (Å²) in [5, 5.41) is 9.57. The molecular formula is C10H20O. The fourth-order valence-electron chi connectivity index (χ4n) is 1.56. The smallest absolute Gasteiger partial charge is 0.0650 e. The molecule has 0 atom stereocenters. The van der Waals surface area contributed by atoms with E-state index < -0.39 is 0 Å². The second-order valence-electron chi connectivity index (χ2n) is 3.95. The van der Waals surface area contributed by atoms with Gasteiger partial charge in [-0.2, -0.15) is 0 Å². The Bertz CT molecular complexity index is 112. The molecule has 0 amide bonds. The van der Waals surface area contributed by atoms with Crippen LogP contribution in [0.4, 0.5) is 0 Å². The minimum Gasteiger partial charge on any atom is -0.390 e. The van der Waals surface area contributed by atoms with Gasteiger partial charge in [-0.1, -0.05) is 26.7 Å². The number of rotatable bonds is 5. The van der Waals surface area contributed by atoms with E-state index in [-0.39, 0.29) is 5.60 Å². The van der Waals surface area contributed by atoms with Gasteiger partial charge in [-0.15, -0.1) is 0 Å². The van der Waals surface area contributed by atoms with Crippen LogP contribution >= 0.6 is 0 Å². The van der Waals surface area contributed by atoms with Crippen molar-refractivity contribution in [3.63, 3.8) is 0 Å². The molecule has 0 aromatic carbocycles. The van der Waals surface area contributed by atoms with Crippen LogP contribution in [0.5, 0.6) is 0 Å². The summed E-state index contributed by atoms with van der Waals surface area (Å²) in [5.74, 6) is 0.847. The molecule has 0 unspecified atom stereocenters. The van der Waals surface area contributed by atoms with E-state index in [4.69, 9.17) is 0 Å². The Hall–Kier alpha value is -0.0400. The molecule has 0 saturated heterocycles. The molecule has 1 N–H and O–H groups in total. The molecule has 0 aromatic rings. The maximum atomic E-state index is 9.57. The van der Waals surface area contributed by atoms with E-state index in [1.165, 1.54) is 19.3 Å². The van der Waals surface area contributed by atoms with Crippen LogP contribution in [0, 0.1) is 5.92 Å². The van der Waals surface area contributed by atoms with Crippen LogP contribution in [-0.4, -0.2) is 10.7 Å². The molecule has 1 aliphatic carbocycles. The largest absolute Gasteiger partial charge is 0.390 e. The Kier molecular flexibility index (Phi) is 2.94. The Balaban J connectivity index is 2.09. The number of hydrogen-bond donors (Lipinski definition) is 1. The predicted octanol–water partition coefficient (Wildman–Crippen LogP) is 2.73. The third-order valence-corrected chi connectivity index (χ3v) is 3.00. The molecule has 1 fully saturated rings. The highest BCUT2D eigenvalue weighted by molar-refractivity contribution is 4.93. The van der Waals surface area contributed by atoms with Crippen molar-refractivity contribution in [3.8, 4) is 0 Å². The zero-order chi connectivity index (χ0) is 8.32. The standard InChI is InChI=1S/C10H20O/c1-3-9(4-2)5-6-10(11)7-8-10/h9,11H,3-8H2,1-2H3. The summed E-state index contributed by atoms with van der Waals surface area (Å²) in [6.45, 7) is 4.48. The fourth-order valence-corrected chi connectivity index (χ4v) is 1.56. The van der Waals surface area contributed by atoms with Gasteiger partial charge in [0.2, 0.25) is 0 Å². The Labute approximate surface area is 69.8 Å². The van der Waals surface area contributed by atoms with Crippen LogP contribution in [0.3, 0.4) is 0 Å². The zero-order valence-corrected chi connectivity index (χ0v) is 7.77. The molecule has 0 bridgehead atoms. The SMILES string of the molecule is CCC(CC)CCC1(O)CC1. The molecule has 11 heavy (non-hydrogen) atoms. The number of hydrogen-bond acceptors (Lipinski definition) is 1. The van der Waals surface area contributed by atoms with Crippen molar-refractivity contribution in [1.82, 2.24) is 0 Å². The molecule has 1 nitrogen and oxygen atoms in total. The minimum atomic E-state index is -0.220. The average molecular weight is 156 g/mol. The highest BCUT2D eigenvalue weighted by Gasteiger charge is 2.39. The van der Waals surface area contributed by atoms with Crippen LogP contribution in [-0.2, 0) is 0 Å². The van der Waals surface area contributed by atoms with Crippen molar-refractivity contribution in [2.24, 2.45) is 5.92 Å². The lowest BCUT2D eigenvalue weighted by atomic mass is 9.95. The Morgan fingerprint density at radius 2 is 1.82 bits per heavy atom. The van der Waals surface area contributed by atoms with Gasteiger partial charge in [0.25, 0.3) is 0 Å². The van der Waals surface area contributed by atoms with Gasteiger partial charge < -0.3 is 5.11 Å². The molecule has 66 valence electrons. The molecule has 1 rings (SSSR count). The quantitative estimate of drug-likeness (QED) is 0.649. The van der Waals surface area contributed by atoms with E-state index >= 15 is 0 Å². The molecule has 1 heteroatoms. The molecule has 0 heterocycles. The van der Waals surface area contributed by atoms with E-state index in [1.54, 1.807) is 0 Å². The second-order valence-corrected chi connectivity index (χ2v) is 3.95. The van der Waals surface area contributed by atoms with Gasteiger partial charge in [0.1, 0.15) is 0 Å². The van der Waals surface area contributed by atoms with E-state index in [2.05, 4.69) is 13.8 Å². The van der Waals surface area contributed by atoms with Crippen molar-refractivity contribution in [3.05, 3.63) is 0 Å². The molecule has 0 spiro atoms. The van der Waals surface area contributed by atoms with Crippen molar-refractivity contribution in [2.45, 2.75) is 58.0 Å². The molecule has 0 radical (unpaired) electrons. The lowest BCUT2D eigenvalue weighted by Gasteiger charge is -2.14. The van der Waals surface area contributed by atoms with Gasteiger partial charge in [0.15, 0.2) is 0 Å². The molecule has 0 aromatic heterocycles. The summed E-state index contributed by atoms with van der Waals surface area (Å²) in [5.41, 5.74) is -0.220.